The van der Waals surface area contributed by atoms with Crippen molar-refractivity contribution in [2.45, 2.75) is 77.4 Å². The molecule has 0 aliphatic heterocycles. The molecule has 0 heterocycles. The zero-order chi connectivity index (χ0) is 12.9. The lowest BCUT2D eigenvalue weighted by Gasteiger charge is -2.27. The Balaban J connectivity index is 2.48. The SMILES string of the molecule is CC(C)(C)OC(=O)[C@H](N)C1CCCCCCC1. The highest BCUT2D eigenvalue weighted by Gasteiger charge is 2.28. The van der Waals surface area contributed by atoms with Gasteiger partial charge in [0.05, 0.1) is 0 Å². The molecule has 0 bridgehead atoms. The van der Waals surface area contributed by atoms with Gasteiger partial charge in [-0.3, -0.25) is 4.79 Å². The zero-order valence-electron chi connectivity index (χ0n) is 11.5. The van der Waals surface area contributed by atoms with Crippen LogP contribution < -0.4 is 5.73 Å². The molecular formula is C14H27NO2. The summed E-state index contributed by atoms with van der Waals surface area (Å²) in [5.41, 5.74) is 5.61. The first-order valence-corrected chi connectivity index (χ1v) is 6.88. The predicted octanol–water partition coefficient (Wildman–Crippen LogP) is 3.02. The van der Waals surface area contributed by atoms with Gasteiger partial charge in [-0.15, -0.1) is 0 Å². The number of ether oxygens (including phenoxy) is 1. The van der Waals surface area contributed by atoms with Gasteiger partial charge in [0.25, 0.3) is 0 Å². The molecule has 100 valence electrons. The van der Waals surface area contributed by atoms with Gasteiger partial charge in [-0.25, -0.2) is 0 Å². The van der Waals surface area contributed by atoms with Crippen molar-refractivity contribution in [3.05, 3.63) is 0 Å². The van der Waals surface area contributed by atoms with Crippen LogP contribution in [0.5, 0.6) is 0 Å². The van der Waals surface area contributed by atoms with Gasteiger partial charge in [-0.2, -0.15) is 0 Å². The molecular weight excluding hydrogens is 214 g/mol. The van der Waals surface area contributed by atoms with Crippen LogP contribution in [0.2, 0.25) is 0 Å². The largest absolute Gasteiger partial charge is 0.459 e. The normalized spacial score (nSPS) is 21.4. The monoisotopic (exact) mass is 241 g/mol. The third-order valence-electron chi connectivity index (χ3n) is 3.34. The van der Waals surface area contributed by atoms with E-state index in [0.29, 0.717) is 5.92 Å². The van der Waals surface area contributed by atoms with Crippen LogP contribution in [0.25, 0.3) is 0 Å². The molecule has 1 aliphatic rings. The number of hydrogen-bond donors (Lipinski definition) is 1. The molecule has 0 saturated heterocycles. The molecule has 3 heteroatoms. The second-order valence-electron chi connectivity index (χ2n) is 6.16. The zero-order valence-corrected chi connectivity index (χ0v) is 11.5. The Bertz CT molecular complexity index is 237. The molecule has 1 fully saturated rings. The lowest BCUT2D eigenvalue weighted by molar-refractivity contribution is -0.158. The minimum atomic E-state index is -0.438. The fourth-order valence-electron chi connectivity index (χ4n) is 2.41. The summed E-state index contributed by atoms with van der Waals surface area (Å²) in [5.74, 6) is 0.0771. The van der Waals surface area contributed by atoms with Crippen molar-refractivity contribution >= 4 is 5.97 Å². The van der Waals surface area contributed by atoms with Gasteiger partial charge in [0.1, 0.15) is 11.6 Å². The number of carbonyl (C=O) groups excluding carboxylic acids is 1. The van der Waals surface area contributed by atoms with E-state index in [4.69, 9.17) is 10.5 Å². The van der Waals surface area contributed by atoms with E-state index >= 15 is 0 Å². The van der Waals surface area contributed by atoms with E-state index in [1.807, 2.05) is 20.8 Å². The first kappa shape index (κ1) is 14.5. The summed E-state index contributed by atoms with van der Waals surface area (Å²) in [7, 11) is 0. The molecule has 0 amide bonds. The first-order valence-electron chi connectivity index (χ1n) is 6.88. The molecule has 3 nitrogen and oxygen atoms in total. The number of rotatable bonds is 2. The summed E-state index contributed by atoms with van der Waals surface area (Å²) >= 11 is 0. The average molecular weight is 241 g/mol. The lowest BCUT2D eigenvalue weighted by Crippen LogP contribution is -2.42. The van der Waals surface area contributed by atoms with Crippen LogP contribution in [0.15, 0.2) is 0 Å². The molecule has 0 radical (unpaired) electrons. The summed E-state index contributed by atoms with van der Waals surface area (Å²) in [6.07, 6.45) is 8.41. The quantitative estimate of drug-likeness (QED) is 0.756. The Morgan fingerprint density at radius 2 is 1.59 bits per heavy atom. The Kier molecular flexibility index (Phi) is 5.44. The minimum absolute atomic E-state index is 0.233. The Labute approximate surface area is 105 Å². The Hall–Kier alpha value is -0.570. The maximum atomic E-state index is 11.9. The molecule has 1 aliphatic carbocycles. The fraction of sp³-hybridized carbons (Fsp3) is 0.929. The Morgan fingerprint density at radius 1 is 1.12 bits per heavy atom. The van der Waals surface area contributed by atoms with Gasteiger partial charge in [0.2, 0.25) is 0 Å². The van der Waals surface area contributed by atoms with E-state index in [0.717, 1.165) is 12.8 Å². The summed E-state index contributed by atoms with van der Waals surface area (Å²) in [6, 6.07) is -0.438. The van der Waals surface area contributed by atoms with Crippen LogP contribution in [0.4, 0.5) is 0 Å². The molecule has 0 aromatic carbocycles. The van der Waals surface area contributed by atoms with E-state index in [1.54, 1.807) is 0 Å². The molecule has 17 heavy (non-hydrogen) atoms. The van der Waals surface area contributed by atoms with Crippen molar-refractivity contribution in [2.24, 2.45) is 11.7 Å². The third-order valence-corrected chi connectivity index (χ3v) is 3.34. The maximum absolute atomic E-state index is 11.9. The van der Waals surface area contributed by atoms with Crippen molar-refractivity contribution in [3.8, 4) is 0 Å². The molecule has 1 atom stereocenters. The van der Waals surface area contributed by atoms with E-state index in [1.165, 1.54) is 32.1 Å². The number of carbonyl (C=O) groups is 1. The van der Waals surface area contributed by atoms with E-state index in [9.17, 15) is 4.79 Å². The van der Waals surface area contributed by atoms with Crippen molar-refractivity contribution in [1.29, 1.82) is 0 Å². The van der Waals surface area contributed by atoms with Crippen LogP contribution in [0, 0.1) is 5.92 Å². The summed E-state index contributed by atoms with van der Waals surface area (Å²) in [6.45, 7) is 5.65. The van der Waals surface area contributed by atoms with E-state index in [2.05, 4.69) is 0 Å². The highest BCUT2D eigenvalue weighted by atomic mass is 16.6. The molecule has 1 rings (SSSR count). The molecule has 0 spiro atoms. The number of hydrogen-bond acceptors (Lipinski definition) is 3. The first-order chi connectivity index (χ1) is 7.90. The van der Waals surface area contributed by atoms with Crippen LogP contribution >= 0.6 is 0 Å². The highest BCUT2D eigenvalue weighted by Crippen LogP contribution is 2.25. The van der Waals surface area contributed by atoms with Gasteiger partial charge in [0, 0.05) is 0 Å². The lowest BCUT2D eigenvalue weighted by atomic mass is 9.86. The second kappa shape index (κ2) is 6.39. The highest BCUT2D eigenvalue weighted by molar-refractivity contribution is 5.76. The predicted molar refractivity (Wildman–Crippen MR) is 69.6 cm³/mol. The van der Waals surface area contributed by atoms with Gasteiger partial charge in [-0.05, 0) is 39.5 Å². The molecule has 0 aromatic rings. The fourth-order valence-corrected chi connectivity index (χ4v) is 2.41. The summed E-state index contributed by atoms with van der Waals surface area (Å²) in [4.78, 5) is 11.9. The maximum Gasteiger partial charge on any atom is 0.323 e. The molecule has 2 N–H and O–H groups in total. The van der Waals surface area contributed by atoms with E-state index in [-0.39, 0.29) is 5.97 Å². The second-order valence-corrected chi connectivity index (χ2v) is 6.16. The Morgan fingerprint density at radius 3 is 2.06 bits per heavy atom. The molecule has 0 aromatic heterocycles. The van der Waals surface area contributed by atoms with Crippen LogP contribution in [0.1, 0.15) is 65.7 Å². The van der Waals surface area contributed by atoms with Gasteiger partial charge in [0.15, 0.2) is 0 Å². The van der Waals surface area contributed by atoms with Gasteiger partial charge < -0.3 is 10.5 Å². The smallest absolute Gasteiger partial charge is 0.323 e. The van der Waals surface area contributed by atoms with Crippen molar-refractivity contribution in [2.75, 3.05) is 0 Å². The third kappa shape index (κ3) is 5.53. The molecule has 1 saturated carbocycles. The minimum Gasteiger partial charge on any atom is -0.459 e. The van der Waals surface area contributed by atoms with Crippen molar-refractivity contribution < 1.29 is 9.53 Å². The van der Waals surface area contributed by atoms with Crippen LogP contribution in [-0.2, 0) is 9.53 Å². The van der Waals surface area contributed by atoms with Gasteiger partial charge in [-0.1, -0.05) is 32.1 Å². The number of esters is 1. The topological polar surface area (TPSA) is 52.3 Å². The van der Waals surface area contributed by atoms with Gasteiger partial charge >= 0.3 is 5.97 Å². The van der Waals surface area contributed by atoms with Crippen LogP contribution in [0.3, 0.4) is 0 Å². The average Bonchev–Trinajstić information content (AvgIpc) is 2.13. The van der Waals surface area contributed by atoms with E-state index < -0.39 is 11.6 Å². The van der Waals surface area contributed by atoms with Crippen LogP contribution in [-0.4, -0.2) is 17.6 Å². The number of nitrogens with two attached hydrogens (primary N) is 1. The summed E-state index contributed by atoms with van der Waals surface area (Å²) in [5, 5.41) is 0. The van der Waals surface area contributed by atoms with Crippen molar-refractivity contribution in [1.82, 2.24) is 0 Å². The molecule has 0 unspecified atom stereocenters. The standard InChI is InChI=1S/C14H27NO2/c1-14(2,3)17-13(16)12(15)11-9-7-5-4-6-8-10-11/h11-12H,4-10,15H2,1-3H3/t12-/m1/s1. The van der Waals surface area contributed by atoms with Crippen molar-refractivity contribution in [3.63, 3.8) is 0 Å². The summed E-state index contributed by atoms with van der Waals surface area (Å²) < 4.78 is 5.36.